The first kappa shape index (κ1) is 14.2. The monoisotopic (exact) mass is 313 g/mol. The molecule has 0 saturated heterocycles. The van der Waals surface area contributed by atoms with E-state index in [-0.39, 0.29) is 37.7 Å². The molecule has 0 aromatic heterocycles. The van der Waals surface area contributed by atoms with E-state index in [1.165, 1.54) is 6.07 Å². The SMILES string of the molecule is NC(N)=NC(N)=Nc1cc(Cl)c(Cl)c(Cl)c1Cl. The number of aliphatic imine (C=N–C) groups is 2. The van der Waals surface area contributed by atoms with Gasteiger partial charge in [0.2, 0.25) is 5.96 Å². The van der Waals surface area contributed by atoms with E-state index in [4.69, 9.17) is 63.6 Å². The summed E-state index contributed by atoms with van der Waals surface area (Å²) >= 11 is 23.3. The maximum absolute atomic E-state index is 5.90. The van der Waals surface area contributed by atoms with Crippen LogP contribution >= 0.6 is 46.4 Å². The van der Waals surface area contributed by atoms with Crippen molar-refractivity contribution in [1.82, 2.24) is 0 Å². The van der Waals surface area contributed by atoms with Gasteiger partial charge in [-0.3, -0.25) is 0 Å². The largest absolute Gasteiger partial charge is 0.370 e. The van der Waals surface area contributed by atoms with Crippen molar-refractivity contribution in [2.24, 2.45) is 27.2 Å². The highest BCUT2D eigenvalue weighted by molar-refractivity contribution is 6.52. The summed E-state index contributed by atoms with van der Waals surface area (Å²) in [5, 5.41) is 0.516. The summed E-state index contributed by atoms with van der Waals surface area (Å²) in [5.74, 6) is -0.408. The summed E-state index contributed by atoms with van der Waals surface area (Å²) in [7, 11) is 0. The number of guanidine groups is 2. The summed E-state index contributed by atoms with van der Waals surface area (Å²) in [6.45, 7) is 0. The topological polar surface area (TPSA) is 103 Å². The molecule has 6 N–H and O–H groups in total. The van der Waals surface area contributed by atoms with E-state index < -0.39 is 0 Å². The van der Waals surface area contributed by atoms with Crippen molar-refractivity contribution in [3.8, 4) is 0 Å². The molecular formula is C8H7Cl4N5. The van der Waals surface area contributed by atoms with Crippen LogP contribution in [-0.2, 0) is 0 Å². The molecule has 5 nitrogen and oxygen atoms in total. The van der Waals surface area contributed by atoms with Crippen molar-refractivity contribution in [1.29, 1.82) is 0 Å². The predicted molar refractivity (Wildman–Crippen MR) is 73.6 cm³/mol. The number of hydrogen-bond acceptors (Lipinski definition) is 1. The molecule has 0 saturated carbocycles. The Kier molecular flexibility index (Phi) is 4.70. The van der Waals surface area contributed by atoms with Crippen LogP contribution < -0.4 is 17.2 Å². The average molecular weight is 315 g/mol. The minimum atomic E-state index is -0.228. The van der Waals surface area contributed by atoms with E-state index >= 15 is 0 Å². The summed E-state index contributed by atoms with van der Waals surface area (Å²) in [6, 6.07) is 1.40. The minimum absolute atomic E-state index is 0.0806. The zero-order valence-electron chi connectivity index (χ0n) is 8.22. The third-order valence-electron chi connectivity index (χ3n) is 1.56. The molecule has 0 unspecified atom stereocenters. The highest BCUT2D eigenvalue weighted by Crippen LogP contribution is 2.41. The Morgan fingerprint density at radius 1 is 0.941 bits per heavy atom. The summed E-state index contributed by atoms with van der Waals surface area (Å²) in [4.78, 5) is 7.37. The smallest absolute Gasteiger partial charge is 0.223 e. The number of benzene rings is 1. The van der Waals surface area contributed by atoms with Gasteiger partial charge < -0.3 is 17.2 Å². The molecule has 92 valence electrons. The van der Waals surface area contributed by atoms with Crippen molar-refractivity contribution in [3.05, 3.63) is 26.2 Å². The van der Waals surface area contributed by atoms with Crippen LogP contribution in [0.25, 0.3) is 0 Å². The van der Waals surface area contributed by atoms with Gasteiger partial charge in [-0.15, -0.1) is 0 Å². The first-order valence-corrected chi connectivity index (χ1v) is 5.61. The van der Waals surface area contributed by atoms with Gasteiger partial charge in [0, 0.05) is 0 Å². The van der Waals surface area contributed by atoms with E-state index in [1.807, 2.05) is 0 Å². The summed E-state index contributed by atoms with van der Waals surface area (Å²) in [5.41, 5.74) is 15.9. The normalized spacial score (nSPS) is 11.4. The molecule has 17 heavy (non-hydrogen) atoms. The number of nitrogens with two attached hydrogens (primary N) is 3. The van der Waals surface area contributed by atoms with Crippen LogP contribution in [0.5, 0.6) is 0 Å². The molecule has 0 heterocycles. The van der Waals surface area contributed by atoms with Gasteiger partial charge in [-0.25, -0.2) is 4.99 Å². The fourth-order valence-electron chi connectivity index (χ4n) is 0.922. The minimum Gasteiger partial charge on any atom is -0.370 e. The van der Waals surface area contributed by atoms with Crippen molar-refractivity contribution in [3.63, 3.8) is 0 Å². The first-order chi connectivity index (χ1) is 7.82. The van der Waals surface area contributed by atoms with Crippen molar-refractivity contribution in [2.75, 3.05) is 0 Å². The second kappa shape index (κ2) is 5.64. The summed E-state index contributed by atoms with van der Waals surface area (Å²) < 4.78 is 0. The lowest BCUT2D eigenvalue weighted by molar-refractivity contribution is 1.38. The Morgan fingerprint density at radius 2 is 1.53 bits per heavy atom. The fourth-order valence-corrected chi connectivity index (χ4v) is 1.76. The van der Waals surface area contributed by atoms with Crippen LogP contribution in [0.3, 0.4) is 0 Å². The van der Waals surface area contributed by atoms with E-state index in [0.717, 1.165) is 0 Å². The Hall–Kier alpha value is -0.880. The Bertz CT molecular complexity index is 507. The van der Waals surface area contributed by atoms with Crippen LogP contribution in [0.15, 0.2) is 16.1 Å². The molecule has 0 atom stereocenters. The van der Waals surface area contributed by atoms with Crippen LogP contribution in [0.1, 0.15) is 0 Å². The van der Waals surface area contributed by atoms with E-state index in [9.17, 15) is 0 Å². The van der Waals surface area contributed by atoms with Gasteiger partial charge in [-0.05, 0) is 6.07 Å². The van der Waals surface area contributed by atoms with Gasteiger partial charge in [0.1, 0.15) is 0 Å². The molecule has 0 radical (unpaired) electrons. The molecule has 0 aliphatic heterocycles. The van der Waals surface area contributed by atoms with Gasteiger partial charge in [0.15, 0.2) is 5.96 Å². The lowest BCUT2D eigenvalue weighted by Gasteiger charge is -2.05. The molecule has 0 spiro atoms. The summed E-state index contributed by atoms with van der Waals surface area (Å²) in [6.07, 6.45) is 0. The average Bonchev–Trinajstić information content (AvgIpc) is 2.21. The van der Waals surface area contributed by atoms with Crippen LogP contribution in [0.4, 0.5) is 5.69 Å². The van der Waals surface area contributed by atoms with Gasteiger partial charge >= 0.3 is 0 Å². The van der Waals surface area contributed by atoms with E-state index in [2.05, 4.69) is 9.98 Å². The molecule has 9 heteroatoms. The molecule has 0 fully saturated rings. The number of halogens is 4. The van der Waals surface area contributed by atoms with E-state index in [0.29, 0.717) is 0 Å². The molecule has 0 bridgehead atoms. The zero-order chi connectivity index (χ0) is 13.2. The Labute approximate surface area is 117 Å². The molecule has 0 aliphatic rings. The number of hydrogen-bond donors (Lipinski definition) is 3. The Balaban J connectivity index is 3.30. The molecular weight excluding hydrogens is 308 g/mol. The third-order valence-corrected chi connectivity index (χ3v) is 3.30. The quantitative estimate of drug-likeness (QED) is 0.321. The molecule has 1 aromatic rings. The number of nitrogens with zero attached hydrogens (tertiary/aromatic N) is 2. The van der Waals surface area contributed by atoms with E-state index in [1.54, 1.807) is 0 Å². The highest BCUT2D eigenvalue weighted by Gasteiger charge is 2.13. The number of rotatable bonds is 1. The van der Waals surface area contributed by atoms with Crippen molar-refractivity contribution in [2.45, 2.75) is 0 Å². The lowest BCUT2D eigenvalue weighted by atomic mass is 10.3. The van der Waals surface area contributed by atoms with Crippen molar-refractivity contribution >= 4 is 64.0 Å². The van der Waals surface area contributed by atoms with Crippen LogP contribution in [0.2, 0.25) is 20.1 Å². The molecule has 1 aromatic carbocycles. The van der Waals surface area contributed by atoms with Gasteiger partial charge in [-0.2, -0.15) is 4.99 Å². The molecule has 1 rings (SSSR count). The van der Waals surface area contributed by atoms with Gasteiger partial charge in [0.25, 0.3) is 0 Å². The van der Waals surface area contributed by atoms with Crippen LogP contribution in [-0.4, -0.2) is 11.9 Å². The highest BCUT2D eigenvalue weighted by atomic mass is 35.5. The second-order valence-electron chi connectivity index (χ2n) is 2.83. The Morgan fingerprint density at radius 3 is 2.06 bits per heavy atom. The second-order valence-corrected chi connectivity index (χ2v) is 4.37. The molecule has 0 amide bonds. The van der Waals surface area contributed by atoms with Gasteiger partial charge in [0.05, 0.1) is 25.8 Å². The zero-order valence-corrected chi connectivity index (χ0v) is 11.2. The lowest BCUT2D eigenvalue weighted by Crippen LogP contribution is -2.26. The first-order valence-electron chi connectivity index (χ1n) is 4.09. The van der Waals surface area contributed by atoms with Gasteiger partial charge in [-0.1, -0.05) is 46.4 Å². The predicted octanol–water partition coefficient (Wildman–Crippen LogP) is 2.52. The third kappa shape index (κ3) is 3.54. The van der Waals surface area contributed by atoms with Crippen LogP contribution in [0, 0.1) is 0 Å². The molecule has 0 aliphatic carbocycles. The van der Waals surface area contributed by atoms with Crippen molar-refractivity contribution < 1.29 is 0 Å². The maximum atomic E-state index is 5.90. The standard InChI is InChI=1S/C8H7Cl4N5/c9-2-1-3(5(11)6(12)4(2)10)16-8(15)17-7(13)14/h1H,(H6,13,14,15,16,17). The maximum Gasteiger partial charge on any atom is 0.223 e. The fraction of sp³-hybridized carbons (Fsp3) is 0.